The second kappa shape index (κ2) is 7.34. The number of hydrogen-bond donors (Lipinski definition) is 2. The van der Waals surface area contributed by atoms with Crippen LogP contribution >= 0.6 is 11.8 Å². The third kappa shape index (κ3) is 4.14. The fourth-order valence-corrected chi connectivity index (χ4v) is 4.48. The zero-order valence-corrected chi connectivity index (χ0v) is 12.8. The lowest BCUT2D eigenvalue weighted by molar-refractivity contribution is -0.148. The van der Waals surface area contributed by atoms with Gasteiger partial charge >= 0.3 is 5.97 Å². The predicted molar refractivity (Wildman–Crippen MR) is 80.9 cm³/mol. The molecule has 2 fully saturated rings. The van der Waals surface area contributed by atoms with E-state index in [1.54, 1.807) is 11.8 Å². The molecular formula is C15H25NO3S. The van der Waals surface area contributed by atoms with E-state index in [1.807, 2.05) is 0 Å². The normalized spacial score (nSPS) is 22.6. The zero-order valence-electron chi connectivity index (χ0n) is 12.0. The summed E-state index contributed by atoms with van der Waals surface area (Å²) in [6.45, 7) is 0. The Balaban J connectivity index is 1.75. The van der Waals surface area contributed by atoms with Crippen LogP contribution in [0.15, 0.2) is 0 Å². The first-order valence-corrected chi connectivity index (χ1v) is 8.90. The van der Waals surface area contributed by atoms with E-state index in [-0.39, 0.29) is 5.91 Å². The van der Waals surface area contributed by atoms with Crippen LogP contribution in [-0.4, -0.2) is 34.0 Å². The number of nitrogens with one attached hydrogen (secondary N) is 1. The number of rotatable bonds is 6. The van der Waals surface area contributed by atoms with Crippen LogP contribution < -0.4 is 5.32 Å². The highest BCUT2D eigenvalue weighted by Gasteiger charge is 2.41. The van der Waals surface area contributed by atoms with Crippen molar-refractivity contribution in [1.29, 1.82) is 0 Å². The van der Waals surface area contributed by atoms with Gasteiger partial charge in [-0.25, -0.2) is 4.79 Å². The number of thioether (sulfide) groups is 1. The maximum Gasteiger partial charge on any atom is 0.329 e. The van der Waals surface area contributed by atoms with Gasteiger partial charge in [-0.05, 0) is 43.1 Å². The lowest BCUT2D eigenvalue weighted by atomic mass is 9.91. The number of carbonyl (C=O) groups excluding carboxylic acids is 1. The maximum absolute atomic E-state index is 12.0. The smallest absolute Gasteiger partial charge is 0.329 e. The van der Waals surface area contributed by atoms with Gasteiger partial charge in [-0.1, -0.05) is 25.7 Å². The van der Waals surface area contributed by atoms with Crippen molar-refractivity contribution in [2.75, 3.05) is 11.5 Å². The largest absolute Gasteiger partial charge is 0.480 e. The van der Waals surface area contributed by atoms with Crippen LogP contribution in [0.1, 0.15) is 57.8 Å². The summed E-state index contributed by atoms with van der Waals surface area (Å²) in [4.78, 5) is 23.5. The monoisotopic (exact) mass is 299 g/mol. The summed E-state index contributed by atoms with van der Waals surface area (Å²) in [6, 6.07) is 0. The van der Waals surface area contributed by atoms with Crippen LogP contribution in [0.2, 0.25) is 0 Å². The number of aliphatic carboxylic acids is 1. The molecule has 0 spiro atoms. The molecule has 0 aromatic carbocycles. The molecule has 0 aromatic rings. The molecule has 0 bridgehead atoms. The van der Waals surface area contributed by atoms with E-state index in [4.69, 9.17) is 0 Å². The van der Waals surface area contributed by atoms with E-state index in [0.29, 0.717) is 19.3 Å². The lowest BCUT2D eigenvalue weighted by Crippen LogP contribution is -2.56. The van der Waals surface area contributed by atoms with Crippen LogP contribution in [0.4, 0.5) is 0 Å². The van der Waals surface area contributed by atoms with Crippen LogP contribution in [-0.2, 0) is 9.59 Å². The third-order valence-electron chi connectivity index (χ3n) is 4.63. The van der Waals surface area contributed by atoms with Gasteiger partial charge in [-0.3, -0.25) is 4.79 Å². The Hall–Kier alpha value is -0.710. The summed E-state index contributed by atoms with van der Waals surface area (Å²) in [5, 5.41) is 12.2. The molecule has 2 aliphatic rings. The Morgan fingerprint density at radius 1 is 1.20 bits per heavy atom. The Bertz CT molecular complexity index is 347. The minimum Gasteiger partial charge on any atom is -0.480 e. The molecule has 0 unspecified atom stereocenters. The van der Waals surface area contributed by atoms with Crippen LogP contribution in [0, 0.1) is 5.92 Å². The molecule has 114 valence electrons. The first-order chi connectivity index (χ1) is 9.62. The minimum absolute atomic E-state index is 0.0858. The number of amides is 1. The average Bonchev–Trinajstić information content (AvgIpc) is 2.93. The summed E-state index contributed by atoms with van der Waals surface area (Å²) in [5.74, 6) is 1.46. The average molecular weight is 299 g/mol. The highest BCUT2D eigenvalue weighted by molar-refractivity contribution is 7.99. The Labute approximate surface area is 125 Å². The first kappa shape index (κ1) is 15.7. The Morgan fingerprint density at radius 3 is 2.45 bits per heavy atom. The van der Waals surface area contributed by atoms with Crippen LogP contribution in [0.25, 0.3) is 0 Å². The van der Waals surface area contributed by atoms with Gasteiger partial charge in [-0.2, -0.15) is 11.8 Å². The fraction of sp³-hybridized carbons (Fsp3) is 0.867. The topological polar surface area (TPSA) is 66.4 Å². The van der Waals surface area contributed by atoms with Crippen molar-refractivity contribution in [2.24, 2.45) is 5.92 Å². The van der Waals surface area contributed by atoms with Crippen molar-refractivity contribution in [3.63, 3.8) is 0 Å². The highest BCUT2D eigenvalue weighted by atomic mass is 32.2. The van der Waals surface area contributed by atoms with E-state index in [1.165, 1.54) is 25.7 Å². The molecule has 1 heterocycles. The molecule has 4 nitrogen and oxygen atoms in total. The van der Waals surface area contributed by atoms with Crippen LogP contribution in [0.5, 0.6) is 0 Å². The number of carbonyl (C=O) groups is 2. The van der Waals surface area contributed by atoms with Crippen molar-refractivity contribution in [3.05, 3.63) is 0 Å². The molecule has 2 N–H and O–H groups in total. The molecule has 0 radical (unpaired) electrons. The first-order valence-electron chi connectivity index (χ1n) is 7.74. The van der Waals surface area contributed by atoms with Crippen LogP contribution in [0.3, 0.4) is 0 Å². The summed E-state index contributed by atoms with van der Waals surface area (Å²) in [5.41, 5.74) is -1.00. The fourth-order valence-electron chi connectivity index (χ4n) is 3.29. The Kier molecular flexibility index (Phi) is 5.75. The van der Waals surface area contributed by atoms with Gasteiger partial charge in [0.15, 0.2) is 0 Å². The zero-order chi connectivity index (χ0) is 14.4. The van der Waals surface area contributed by atoms with Crippen molar-refractivity contribution in [1.82, 2.24) is 5.32 Å². The van der Waals surface area contributed by atoms with Crippen molar-refractivity contribution in [2.45, 2.75) is 63.3 Å². The Morgan fingerprint density at radius 2 is 1.85 bits per heavy atom. The van der Waals surface area contributed by atoms with Gasteiger partial charge < -0.3 is 10.4 Å². The van der Waals surface area contributed by atoms with E-state index in [2.05, 4.69) is 5.32 Å². The van der Waals surface area contributed by atoms with E-state index in [0.717, 1.165) is 30.3 Å². The van der Waals surface area contributed by atoms with Crippen molar-refractivity contribution in [3.8, 4) is 0 Å². The standard InChI is InChI=1S/C15H25NO3S/c17-13(7-3-6-12-4-1-2-5-12)16-15(14(18)19)8-10-20-11-9-15/h12H,1-11H2,(H,16,17)(H,18,19). The lowest BCUT2D eigenvalue weighted by Gasteiger charge is -2.33. The van der Waals surface area contributed by atoms with E-state index in [9.17, 15) is 14.7 Å². The van der Waals surface area contributed by atoms with Gasteiger partial charge in [-0.15, -0.1) is 0 Å². The summed E-state index contributed by atoms with van der Waals surface area (Å²) in [6.07, 6.45) is 8.83. The molecule has 1 amide bonds. The summed E-state index contributed by atoms with van der Waals surface area (Å²) >= 11 is 1.76. The second-order valence-electron chi connectivity index (χ2n) is 6.09. The molecule has 1 aliphatic heterocycles. The molecule has 5 heteroatoms. The SMILES string of the molecule is O=C(CCCC1CCCC1)NC1(C(=O)O)CCSCC1. The second-order valence-corrected chi connectivity index (χ2v) is 7.32. The van der Waals surface area contributed by atoms with Gasteiger partial charge in [0.1, 0.15) is 5.54 Å². The third-order valence-corrected chi connectivity index (χ3v) is 5.61. The number of hydrogen-bond acceptors (Lipinski definition) is 3. The maximum atomic E-state index is 12.0. The van der Waals surface area contributed by atoms with Crippen molar-refractivity contribution >= 4 is 23.6 Å². The van der Waals surface area contributed by atoms with Gasteiger partial charge in [0.25, 0.3) is 0 Å². The number of carboxylic acid groups (broad SMARTS) is 1. The number of carboxylic acids is 1. The summed E-state index contributed by atoms with van der Waals surface area (Å²) in [7, 11) is 0. The molecule has 2 rings (SSSR count). The van der Waals surface area contributed by atoms with Gasteiger partial charge in [0, 0.05) is 6.42 Å². The van der Waals surface area contributed by atoms with Gasteiger partial charge in [0.05, 0.1) is 0 Å². The molecule has 1 saturated carbocycles. The summed E-state index contributed by atoms with van der Waals surface area (Å²) < 4.78 is 0. The molecule has 20 heavy (non-hydrogen) atoms. The van der Waals surface area contributed by atoms with E-state index >= 15 is 0 Å². The predicted octanol–water partition coefficient (Wildman–Crippen LogP) is 2.81. The molecular weight excluding hydrogens is 274 g/mol. The van der Waals surface area contributed by atoms with Gasteiger partial charge in [0.2, 0.25) is 5.91 Å². The van der Waals surface area contributed by atoms with E-state index < -0.39 is 11.5 Å². The quantitative estimate of drug-likeness (QED) is 0.791. The highest BCUT2D eigenvalue weighted by Crippen LogP contribution is 2.30. The molecule has 0 atom stereocenters. The molecule has 1 saturated heterocycles. The van der Waals surface area contributed by atoms with Crippen molar-refractivity contribution < 1.29 is 14.7 Å². The molecule has 0 aromatic heterocycles. The molecule has 1 aliphatic carbocycles. The minimum atomic E-state index is -1.00.